The molecule has 1 saturated heterocycles. The van der Waals surface area contributed by atoms with Crippen molar-refractivity contribution >= 4 is 27.3 Å². The Labute approximate surface area is 106 Å². The summed E-state index contributed by atoms with van der Waals surface area (Å²) in [6.07, 6.45) is 3.12. The second-order valence-electron chi connectivity index (χ2n) is 3.98. The quantitative estimate of drug-likeness (QED) is 0.895. The Morgan fingerprint density at radius 2 is 2.38 bits per heavy atom. The van der Waals surface area contributed by atoms with E-state index in [4.69, 9.17) is 0 Å². The second kappa shape index (κ2) is 4.31. The number of nitrogens with one attached hydrogen (secondary N) is 2. The molecule has 2 aromatic rings. The molecule has 0 aliphatic carbocycles. The summed E-state index contributed by atoms with van der Waals surface area (Å²) in [6, 6.07) is 4.18. The van der Waals surface area contributed by atoms with E-state index in [0.29, 0.717) is 5.92 Å². The zero-order valence-electron chi connectivity index (χ0n) is 8.66. The van der Waals surface area contributed by atoms with Crippen LogP contribution < -0.4 is 5.32 Å². The summed E-state index contributed by atoms with van der Waals surface area (Å²) in [5.74, 6) is 1.67. The van der Waals surface area contributed by atoms with Crippen molar-refractivity contribution in [1.82, 2.24) is 15.3 Å². The molecule has 1 aliphatic heterocycles. The number of aromatic amines is 1. The first kappa shape index (κ1) is 10.5. The lowest BCUT2D eigenvalue weighted by Crippen LogP contribution is -2.08. The fourth-order valence-corrected chi connectivity index (χ4v) is 3.37. The smallest absolute Gasteiger partial charge is 0.110 e. The van der Waals surface area contributed by atoms with Crippen molar-refractivity contribution in [2.24, 2.45) is 0 Å². The van der Waals surface area contributed by atoms with Gasteiger partial charge >= 0.3 is 0 Å². The summed E-state index contributed by atoms with van der Waals surface area (Å²) in [7, 11) is 0. The van der Waals surface area contributed by atoms with Crippen molar-refractivity contribution in [3.05, 3.63) is 27.9 Å². The first-order valence-electron chi connectivity index (χ1n) is 5.34. The highest BCUT2D eigenvalue weighted by molar-refractivity contribution is 9.11. The third kappa shape index (κ3) is 1.95. The van der Waals surface area contributed by atoms with Crippen LogP contribution in [0.2, 0.25) is 0 Å². The van der Waals surface area contributed by atoms with E-state index in [-0.39, 0.29) is 0 Å². The number of hydrogen-bond acceptors (Lipinski definition) is 3. The Kier molecular flexibility index (Phi) is 2.83. The van der Waals surface area contributed by atoms with E-state index in [2.05, 4.69) is 43.3 Å². The number of nitrogens with zero attached hydrogens (tertiary/aromatic N) is 1. The van der Waals surface area contributed by atoms with Gasteiger partial charge in [-0.05, 0) is 41.0 Å². The van der Waals surface area contributed by atoms with Crippen LogP contribution in [0.3, 0.4) is 0 Å². The molecule has 16 heavy (non-hydrogen) atoms. The van der Waals surface area contributed by atoms with E-state index >= 15 is 0 Å². The highest BCUT2D eigenvalue weighted by Crippen LogP contribution is 2.31. The average molecular weight is 298 g/mol. The standard InChI is InChI=1S/C11H12BrN3S/c12-10-2-1-9(16-10)8-6-14-11(15-8)7-3-4-13-5-7/h1-2,6-7,13H,3-5H2,(H,14,15). The lowest BCUT2D eigenvalue weighted by atomic mass is 10.1. The SMILES string of the molecule is Brc1ccc(-c2cnc(C3CCNC3)[nH]2)s1. The summed E-state index contributed by atoms with van der Waals surface area (Å²) < 4.78 is 1.15. The molecular formula is C11H12BrN3S. The molecule has 3 nitrogen and oxygen atoms in total. The molecule has 3 heterocycles. The van der Waals surface area contributed by atoms with Gasteiger partial charge in [0.2, 0.25) is 0 Å². The maximum absolute atomic E-state index is 4.48. The van der Waals surface area contributed by atoms with Gasteiger partial charge in [0.05, 0.1) is 20.6 Å². The fraction of sp³-hybridized carbons (Fsp3) is 0.364. The van der Waals surface area contributed by atoms with E-state index in [1.54, 1.807) is 11.3 Å². The number of thiophene rings is 1. The molecule has 0 bridgehead atoms. The number of halogens is 1. The van der Waals surface area contributed by atoms with Crippen molar-refractivity contribution < 1.29 is 0 Å². The summed E-state index contributed by atoms with van der Waals surface area (Å²) in [5.41, 5.74) is 1.12. The Morgan fingerprint density at radius 3 is 3.06 bits per heavy atom. The average Bonchev–Trinajstić information content (AvgIpc) is 2.97. The van der Waals surface area contributed by atoms with Crippen molar-refractivity contribution in [3.8, 4) is 10.6 Å². The van der Waals surface area contributed by atoms with Crippen molar-refractivity contribution in [2.75, 3.05) is 13.1 Å². The molecule has 5 heteroatoms. The molecule has 1 fully saturated rings. The molecule has 0 spiro atoms. The largest absolute Gasteiger partial charge is 0.341 e. The van der Waals surface area contributed by atoms with Gasteiger partial charge in [0.25, 0.3) is 0 Å². The number of hydrogen-bond donors (Lipinski definition) is 2. The predicted molar refractivity (Wildman–Crippen MR) is 69.8 cm³/mol. The molecule has 1 unspecified atom stereocenters. The van der Waals surface area contributed by atoms with Crippen LogP contribution in [0.25, 0.3) is 10.6 Å². The van der Waals surface area contributed by atoms with Gasteiger partial charge in [-0.2, -0.15) is 0 Å². The van der Waals surface area contributed by atoms with E-state index in [1.807, 2.05) is 6.20 Å². The van der Waals surface area contributed by atoms with Crippen molar-refractivity contribution in [3.63, 3.8) is 0 Å². The van der Waals surface area contributed by atoms with Crippen LogP contribution in [0.1, 0.15) is 18.2 Å². The molecule has 0 saturated carbocycles. The number of imidazole rings is 1. The highest BCUT2D eigenvalue weighted by atomic mass is 79.9. The van der Waals surface area contributed by atoms with E-state index < -0.39 is 0 Å². The van der Waals surface area contributed by atoms with Gasteiger partial charge in [-0.3, -0.25) is 0 Å². The molecular weight excluding hydrogens is 286 g/mol. The van der Waals surface area contributed by atoms with Gasteiger partial charge in [0, 0.05) is 12.5 Å². The summed E-state index contributed by atoms with van der Waals surface area (Å²) in [6.45, 7) is 2.15. The first-order valence-corrected chi connectivity index (χ1v) is 6.95. The fourth-order valence-electron chi connectivity index (χ4n) is 2.02. The zero-order chi connectivity index (χ0) is 11.0. The topological polar surface area (TPSA) is 40.7 Å². The molecule has 2 aromatic heterocycles. The predicted octanol–water partition coefficient (Wildman–Crippen LogP) is 2.98. The van der Waals surface area contributed by atoms with Crippen LogP contribution in [0, 0.1) is 0 Å². The molecule has 1 aliphatic rings. The van der Waals surface area contributed by atoms with Gasteiger partial charge in [-0.15, -0.1) is 11.3 Å². The van der Waals surface area contributed by atoms with E-state index in [9.17, 15) is 0 Å². The van der Waals surface area contributed by atoms with Gasteiger partial charge in [0.15, 0.2) is 0 Å². The normalized spacial score (nSPS) is 20.4. The second-order valence-corrected chi connectivity index (χ2v) is 6.44. The van der Waals surface area contributed by atoms with Gasteiger partial charge < -0.3 is 10.3 Å². The zero-order valence-corrected chi connectivity index (χ0v) is 11.1. The third-order valence-electron chi connectivity index (χ3n) is 2.88. The molecule has 84 valence electrons. The minimum Gasteiger partial charge on any atom is -0.341 e. The van der Waals surface area contributed by atoms with Crippen LogP contribution >= 0.6 is 27.3 Å². The molecule has 1 atom stereocenters. The van der Waals surface area contributed by atoms with Gasteiger partial charge in [0.1, 0.15) is 5.82 Å². The van der Waals surface area contributed by atoms with Gasteiger partial charge in [-0.1, -0.05) is 0 Å². The van der Waals surface area contributed by atoms with Crippen molar-refractivity contribution in [2.45, 2.75) is 12.3 Å². The van der Waals surface area contributed by atoms with Gasteiger partial charge in [-0.25, -0.2) is 4.98 Å². The lowest BCUT2D eigenvalue weighted by Gasteiger charge is -2.02. The number of rotatable bonds is 2. The lowest BCUT2D eigenvalue weighted by molar-refractivity contribution is 0.715. The van der Waals surface area contributed by atoms with Crippen LogP contribution in [0.5, 0.6) is 0 Å². The molecule has 2 N–H and O–H groups in total. The molecule has 0 aromatic carbocycles. The Balaban J connectivity index is 1.87. The van der Waals surface area contributed by atoms with E-state index in [0.717, 1.165) is 28.4 Å². The Hall–Kier alpha value is -0.650. The van der Waals surface area contributed by atoms with E-state index in [1.165, 1.54) is 11.3 Å². The first-order chi connectivity index (χ1) is 7.83. The maximum Gasteiger partial charge on any atom is 0.110 e. The molecule has 0 radical (unpaired) electrons. The van der Waals surface area contributed by atoms with Crippen LogP contribution in [0.15, 0.2) is 22.1 Å². The number of H-pyrrole nitrogens is 1. The molecule has 0 amide bonds. The minimum absolute atomic E-state index is 0.553. The third-order valence-corrected chi connectivity index (χ3v) is 4.54. The summed E-state index contributed by atoms with van der Waals surface area (Å²) >= 11 is 5.20. The maximum atomic E-state index is 4.48. The Morgan fingerprint density at radius 1 is 1.44 bits per heavy atom. The number of aromatic nitrogens is 2. The van der Waals surface area contributed by atoms with Crippen LogP contribution in [-0.4, -0.2) is 23.1 Å². The monoisotopic (exact) mass is 297 g/mol. The minimum atomic E-state index is 0.553. The summed E-state index contributed by atoms with van der Waals surface area (Å²) in [4.78, 5) is 9.14. The van der Waals surface area contributed by atoms with Crippen LogP contribution in [0.4, 0.5) is 0 Å². The molecule has 3 rings (SSSR count). The van der Waals surface area contributed by atoms with Crippen LogP contribution in [-0.2, 0) is 0 Å². The Bertz CT molecular complexity index is 485. The highest BCUT2D eigenvalue weighted by Gasteiger charge is 2.19. The summed E-state index contributed by atoms with van der Waals surface area (Å²) in [5, 5.41) is 3.36. The van der Waals surface area contributed by atoms with Crippen molar-refractivity contribution in [1.29, 1.82) is 0 Å².